The molecule has 5 rings (SSSR count). The number of benzene rings is 2. The largest absolute Gasteiger partial charge is 0.457 e. The molecule has 9 heteroatoms. The predicted octanol–water partition coefficient (Wildman–Crippen LogP) is 5.29. The summed E-state index contributed by atoms with van der Waals surface area (Å²) in [6.07, 6.45) is 2.37. The second-order valence-corrected chi connectivity index (χ2v) is 9.91. The van der Waals surface area contributed by atoms with E-state index in [1.54, 1.807) is 36.2 Å². The molecule has 0 fully saturated rings. The summed E-state index contributed by atoms with van der Waals surface area (Å²) in [5.41, 5.74) is 3.35. The van der Waals surface area contributed by atoms with E-state index in [1.165, 1.54) is 17.8 Å². The first-order valence-corrected chi connectivity index (χ1v) is 13.5. The lowest BCUT2D eigenvalue weighted by atomic mass is 9.93. The highest BCUT2D eigenvalue weighted by Crippen LogP contribution is 2.45. The van der Waals surface area contributed by atoms with Crippen molar-refractivity contribution in [3.05, 3.63) is 124 Å². The molecule has 1 amide bonds. The van der Waals surface area contributed by atoms with E-state index in [1.807, 2.05) is 53.9 Å². The van der Waals surface area contributed by atoms with Crippen LogP contribution in [0.25, 0.3) is 0 Å². The zero-order valence-electron chi connectivity index (χ0n) is 21.3. The molecule has 39 heavy (non-hydrogen) atoms. The van der Waals surface area contributed by atoms with Crippen LogP contribution >= 0.6 is 11.8 Å². The summed E-state index contributed by atoms with van der Waals surface area (Å²) in [5.74, 6) is -1.23. The van der Waals surface area contributed by atoms with Crippen molar-refractivity contribution in [2.24, 2.45) is 4.99 Å². The quantitative estimate of drug-likeness (QED) is 0.370. The SMILES string of the molecule is CC1=C(C(=O)OCc2ccccc2)C(c2ccccc2F)N2C(CC(=O)NCCc3ccccn3)=CSC2=N1. The van der Waals surface area contributed by atoms with Gasteiger partial charge in [-0.05, 0) is 36.1 Å². The molecule has 3 aromatic rings. The van der Waals surface area contributed by atoms with Crippen LogP contribution in [0.4, 0.5) is 4.39 Å². The van der Waals surface area contributed by atoms with Crippen molar-refractivity contribution in [2.45, 2.75) is 32.4 Å². The molecular formula is C30H27FN4O3S. The molecule has 0 bridgehead atoms. The minimum atomic E-state index is -0.829. The van der Waals surface area contributed by atoms with Gasteiger partial charge in [0.15, 0.2) is 5.17 Å². The van der Waals surface area contributed by atoms with Crippen LogP contribution in [0.1, 0.15) is 36.2 Å². The number of carbonyl (C=O) groups is 2. The van der Waals surface area contributed by atoms with Crippen LogP contribution < -0.4 is 5.32 Å². The number of ether oxygens (including phenoxy) is 1. The topological polar surface area (TPSA) is 83.9 Å². The Kier molecular flexibility index (Phi) is 8.17. The fourth-order valence-electron chi connectivity index (χ4n) is 4.53. The zero-order chi connectivity index (χ0) is 27.2. The fourth-order valence-corrected chi connectivity index (χ4v) is 5.49. The number of hydrogen-bond donors (Lipinski definition) is 1. The summed E-state index contributed by atoms with van der Waals surface area (Å²) in [6, 6.07) is 20.5. The van der Waals surface area contributed by atoms with Crippen LogP contribution in [0.15, 0.2) is 106 Å². The Morgan fingerprint density at radius 2 is 1.82 bits per heavy atom. The van der Waals surface area contributed by atoms with E-state index in [4.69, 9.17) is 4.74 Å². The number of nitrogens with zero attached hydrogens (tertiary/aromatic N) is 3. The van der Waals surface area contributed by atoms with Gasteiger partial charge in [0, 0.05) is 36.1 Å². The van der Waals surface area contributed by atoms with E-state index < -0.39 is 17.8 Å². The van der Waals surface area contributed by atoms with Gasteiger partial charge in [0.2, 0.25) is 5.91 Å². The average Bonchev–Trinajstić information content (AvgIpc) is 3.34. The number of rotatable bonds is 9. The third-order valence-electron chi connectivity index (χ3n) is 6.40. The van der Waals surface area contributed by atoms with E-state index in [0.717, 1.165) is 11.3 Å². The maximum absolute atomic E-state index is 15.2. The molecule has 2 aromatic carbocycles. The molecule has 2 aliphatic heterocycles. The van der Waals surface area contributed by atoms with Gasteiger partial charge in [-0.3, -0.25) is 9.78 Å². The Hall–Kier alpha value is -4.24. The molecule has 0 saturated heterocycles. The number of thioether (sulfide) groups is 1. The molecule has 0 aliphatic carbocycles. The highest BCUT2D eigenvalue weighted by atomic mass is 32.2. The molecule has 1 aromatic heterocycles. The molecule has 0 saturated carbocycles. The Morgan fingerprint density at radius 1 is 1.05 bits per heavy atom. The second-order valence-electron chi connectivity index (χ2n) is 9.07. The third kappa shape index (κ3) is 6.09. The van der Waals surface area contributed by atoms with Crippen LogP contribution in [0.2, 0.25) is 0 Å². The standard InChI is InChI=1S/C30H27FN4O3S/c1-20-27(29(37)38-18-21-9-3-2-4-10-21)28(24-12-5-6-13-25(24)31)35-23(19-39-30(35)34-20)17-26(36)33-16-14-22-11-7-8-15-32-22/h2-13,15,19,28H,14,16-18H2,1H3,(H,33,36). The van der Waals surface area contributed by atoms with Crippen molar-refractivity contribution in [3.8, 4) is 0 Å². The molecule has 7 nitrogen and oxygen atoms in total. The summed E-state index contributed by atoms with van der Waals surface area (Å²) >= 11 is 1.34. The number of carbonyl (C=O) groups excluding carboxylic acids is 2. The maximum Gasteiger partial charge on any atom is 0.338 e. The molecule has 1 unspecified atom stereocenters. The Labute approximate surface area is 230 Å². The molecular weight excluding hydrogens is 515 g/mol. The Balaban J connectivity index is 1.37. The summed E-state index contributed by atoms with van der Waals surface area (Å²) in [4.78, 5) is 37.0. The molecule has 1 N–H and O–H groups in total. The highest BCUT2D eigenvalue weighted by Gasteiger charge is 2.42. The predicted molar refractivity (Wildman–Crippen MR) is 149 cm³/mol. The van der Waals surface area contributed by atoms with E-state index >= 15 is 4.39 Å². The number of aromatic nitrogens is 1. The van der Waals surface area contributed by atoms with E-state index in [0.29, 0.717) is 35.1 Å². The maximum atomic E-state index is 15.2. The normalized spacial score (nSPS) is 16.4. The minimum Gasteiger partial charge on any atom is -0.457 e. The first-order valence-electron chi connectivity index (χ1n) is 12.6. The number of fused-ring (bicyclic) bond motifs is 1. The number of nitrogens with one attached hydrogen (secondary N) is 1. The van der Waals surface area contributed by atoms with Crippen LogP contribution in [0, 0.1) is 5.82 Å². The van der Waals surface area contributed by atoms with Gasteiger partial charge in [-0.1, -0.05) is 66.4 Å². The van der Waals surface area contributed by atoms with E-state index in [-0.39, 0.29) is 24.5 Å². The summed E-state index contributed by atoms with van der Waals surface area (Å²) in [6.45, 7) is 2.23. The number of esters is 1. The van der Waals surface area contributed by atoms with Gasteiger partial charge in [0.1, 0.15) is 12.4 Å². The number of allylic oxidation sites excluding steroid dienone is 1. The molecule has 0 radical (unpaired) electrons. The number of hydrogen-bond acceptors (Lipinski definition) is 7. The lowest BCUT2D eigenvalue weighted by molar-refractivity contribution is -0.141. The first kappa shape index (κ1) is 26.4. The van der Waals surface area contributed by atoms with Gasteiger partial charge >= 0.3 is 5.97 Å². The number of halogens is 1. The summed E-state index contributed by atoms with van der Waals surface area (Å²) in [7, 11) is 0. The Bertz CT molecular complexity index is 1460. The Morgan fingerprint density at radius 3 is 2.59 bits per heavy atom. The van der Waals surface area contributed by atoms with Gasteiger partial charge in [-0.15, -0.1) is 0 Å². The van der Waals surface area contributed by atoms with Crippen molar-refractivity contribution in [3.63, 3.8) is 0 Å². The smallest absolute Gasteiger partial charge is 0.338 e. The van der Waals surface area contributed by atoms with Crippen molar-refractivity contribution >= 4 is 28.8 Å². The van der Waals surface area contributed by atoms with Crippen molar-refractivity contribution in [1.29, 1.82) is 0 Å². The fraction of sp³-hybridized carbons (Fsp3) is 0.200. The molecule has 0 spiro atoms. The molecule has 2 aliphatic rings. The van der Waals surface area contributed by atoms with Gasteiger partial charge < -0.3 is 15.0 Å². The average molecular weight is 543 g/mol. The van der Waals surface area contributed by atoms with Crippen molar-refractivity contribution in [1.82, 2.24) is 15.2 Å². The van der Waals surface area contributed by atoms with Gasteiger partial charge in [0.05, 0.1) is 23.7 Å². The van der Waals surface area contributed by atoms with Crippen LogP contribution in [-0.2, 0) is 27.4 Å². The summed E-state index contributed by atoms with van der Waals surface area (Å²) in [5, 5.41) is 5.34. The third-order valence-corrected chi connectivity index (χ3v) is 7.29. The monoisotopic (exact) mass is 542 g/mol. The van der Waals surface area contributed by atoms with Gasteiger partial charge in [-0.2, -0.15) is 0 Å². The first-order chi connectivity index (χ1) is 19.0. The van der Waals surface area contributed by atoms with Crippen molar-refractivity contribution < 1.29 is 18.7 Å². The number of aliphatic imine (C=N–C) groups is 1. The van der Waals surface area contributed by atoms with E-state index in [2.05, 4.69) is 15.3 Å². The van der Waals surface area contributed by atoms with E-state index in [9.17, 15) is 9.59 Å². The lowest BCUT2D eigenvalue weighted by Gasteiger charge is -2.36. The van der Waals surface area contributed by atoms with Crippen LogP contribution in [0.3, 0.4) is 0 Å². The lowest BCUT2D eigenvalue weighted by Crippen LogP contribution is -2.38. The van der Waals surface area contributed by atoms with Crippen LogP contribution in [0.5, 0.6) is 0 Å². The highest BCUT2D eigenvalue weighted by molar-refractivity contribution is 8.16. The minimum absolute atomic E-state index is 0.0462. The van der Waals surface area contributed by atoms with Gasteiger partial charge in [-0.25, -0.2) is 14.2 Å². The number of pyridine rings is 1. The van der Waals surface area contributed by atoms with Crippen LogP contribution in [-0.4, -0.2) is 33.5 Å². The van der Waals surface area contributed by atoms with Crippen molar-refractivity contribution in [2.75, 3.05) is 6.54 Å². The molecule has 198 valence electrons. The zero-order valence-corrected chi connectivity index (χ0v) is 22.2. The number of amides is 1. The molecule has 3 heterocycles. The molecule has 1 atom stereocenters. The van der Waals surface area contributed by atoms with Gasteiger partial charge in [0.25, 0.3) is 0 Å². The second kappa shape index (κ2) is 12.1. The summed E-state index contributed by atoms with van der Waals surface area (Å²) < 4.78 is 20.9. The number of amidine groups is 1.